The van der Waals surface area contributed by atoms with Gasteiger partial charge in [-0.3, -0.25) is 4.79 Å². The van der Waals surface area contributed by atoms with Crippen molar-refractivity contribution in [2.75, 3.05) is 7.11 Å². The van der Waals surface area contributed by atoms with E-state index in [0.29, 0.717) is 12.3 Å². The second-order valence-corrected chi connectivity index (χ2v) is 4.57. The Bertz CT molecular complexity index is 359. The predicted octanol–water partition coefficient (Wildman–Crippen LogP) is 3.29. The summed E-state index contributed by atoms with van der Waals surface area (Å²) in [4.78, 5) is 11.2. The molecule has 0 saturated carbocycles. The molecule has 3 heteroatoms. The highest BCUT2D eigenvalue weighted by atomic mass is 79.9. The lowest BCUT2D eigenvalue weighted by atomic mass is 9.95. The van der Waals surface area contributed by atoms with Crippen LogP contribution >= 0.6 is 15.9 Å². The molecule has 0 amide bonds. The zero-order valence-corrected chi connectivity index (χ0v) is 10.8. The van der Waals surface area contributed by atoms with Crippen LogP contribution < -0.4 is 0 Å². The van der Waals surface area contributed by atoms with Gasteiger partial charge in [0, 0.05) is 4.47 Å². The molecule has 0 aliphatic rings. The second-order valence-electron chi connectivity index (χ2n) is 3.72. The van der Waals surface area contributed by atoms with Crippen molar-refractivity contribution in [3.8, 4) is 0 Å². The molecule has 1 aromatic rings. The largest absolute Gasteiger partial charge is 0.469 e. The summed E-state index contributed by atoms with van der Waals surface area (Å²) >= 11 is 3.51. The lowest BCUT2D eigenvalue weighted by molar-refractivity contribution is -0.139. The van der Waals surface area contributed by atoms with E-state index in [1.807, 2.05) is 18.2 Å². The molecule has 2 nitrogen and oxygen atoms in total. The van der Waals surface area contributed by atoms with Gasteiger partial charge >= 0.3 is 5.97 Å². The highest BCUT2D eigenvalue weighted by molar-refractivity contribution is 9.10. The predicted molar refractivity (Wildman–Crippen MR) is 64.0 cm³/mol. The van der Waals surface area contributed by atoms with E-state index in [0.717, 1.165) is 10.0 Å². The number of benzene rings is 1. The fourth-order valence-corrected chi connectivity index (χ4v) is 2.48. The number of carbonyl (C=O) groups excluding carboxylic acids is 1. The Balaban J connectivity index is 3.06. The molecule has 0 radical (unpaired) electrons. The molecule has 0 spiro atoms. The minimum Gasteiger partial charge on any atom is -0.469 e. The molecule has 0 aliphatic heterocycles. The van der Waals surface area contributed by atoms with E-state index < -0.39 is 0 Å². The Morgan fingerprint density at radius 1 is 1.47 bits per heavy atom. The number of hydrogen-bond acceptors (Lipinski definition) is 2. The zero-order chi connectivity index (χ0) is 11.4. The molecule has 0 heterocycles. The maximum Gasteiger partial charge on any atom is 0.309 e. The second kappa shape index (κ2) is 5.31. The first kappa shape index (κ1) is 12.2. The van der Waals surface area contributed by atoms with Crippen LogP contribution in [0.1, 0.15) is 30.9 Å². The molecule has 15 heavy (non-hydrogen) atoms. The van der Waals surface area contributed by atoms with Crippen molar-refractivity contribution >= 4 is 21.9 Å². The number of esters is 1. The van der Waals surface area contributed by atoms with Gasteiger partial charge in [0.05, 0.1) is 13.5 Å². The molecule has 1 rings (SSSR count). The van der Waals surface area contributed by atoms with E-state index in [1.165, 1.54) is 12.7 Å². The Labute approximate surface area is 98.8 Å². The molecule has 0 aromatic heterocycles. The van der Waals surface area contributed by atoms with Crippen LogP contribution in [0.3, 0.4) is 0 Å². The van der Waals surface area contributed by atoms with E-state index in [4.69, 9.17) is 0 Å². The van der Waals surface area contributed by atoms with Gasteiger partial charge in [-0.05, 0) is 23.1 Å². The summed E-state index contributed by atoms with van der Waals surface area (Å²) in [7, 11) is 1.41. The van der Waals surface area contributed by atoms with Crippen LogP contribution in [-0.4, -0.2) is 13.1 Å². The molecule has 0 saturated heterocycles. The quantitative estimate of drug-likeness (QED) is 0.788. The van der Waals surface area contributed by atoms with Crippen LogP contribution in [0.25, 0.3) is 0 Å². The number of halogens is 1. The molecular weight excluding hydrogens is 256 g/mol. The number of carbonyl (C=O) groups is 1. The molecule has 0 bridgehead atoms. The Hall–Kier alpha value is -0.830. The van der Waals surface area contributed by atoms with Gasteiger partial charge in [0.2, 0.25) is 0 Å². The van der Waals surface area contributed by atoms with Gasteiger partial charge in [0.1, 0.15) is 0 Å². The minimum absolute atomic E-state index is 0.199. The fourth-order valence-electron chi connectivity index (χ4n) is 1.61. The summed E-state index contributed by atoms with van der Waals surface area (Å²) in [5, 5.41) is 0. The van der Waals surface area contributed by atoms with Crippen LogP contribution in [0.4, 0.5) is 0 Å². The van der Waals surface area contributed by atoms with Gasteiger partial charge in [-0.15, -0.1) is 0 Å². The Kier molecular flexibility index (Phi) is 4.33. The smallest absolute Gasteiger partial charge is 0.309 e. The number of rotatable bonds is 3. The molecule has 0 atom stereocenters. The normalized spacial score (nSPS) is 10.5. The van der Waals surface area contributed by atoms with Gasteiger partial charge < -0.3 is 4.74 Å². The van der Waals surface area contributed by atoms with E-state index in [9.17, 15) is 4.79 Å². The highest BCUT2D eigenvalue weighted by Crippen LogP contribution is 2.28. The van der Waals surface area contributed by atoms with Crippen molar-refractivity contribution in [3.63, 3.8) is 0 Å². The van der Waals surface area contributed by atoms with E-state index in [2.05, 4.69) is 34.5 Å². The van der Waals surface area contributed by atoms with E-state index >= 15 is 0 Å². The first-order valence-electron chi connectivity index (χ1n) is 4.90. The fraction of sp³-hybridized carbons (Fsp3) is 0.417. The van der Waals surface area contributed by atoms with Crippen molar-refractivity contribution < 1.29 is 9.53 Å². The number of ether oxygens (including phenoxy) is 1. The number of methoxy groups -OCH3 is 1. The third-order valence-corrected chi connectivity index (χ3v) is 2.97. The summed E-state index contributed by atoms with van der Waals surface area (Å²) in [6.07, 6.45) is 0.337. The summed E-state index contributed by atoms with van der Waals surface area (Å²) < 4.78 is 5.73. The maximum absolute atomic E-state index is 11.2. The molecule has 0 N–H and O–H groups in total. The lowest BCUT2D eigenvalue weighted by Crippen LogP contribution is -2.08. The van der Waals surface area contributed by atoms with Crippen molar-refractivity contribution in [2.24, 2.45) is 0 Å². The van der Waals surface area contributed by atoms with Crippen LogP contribution in [0, 0.1) is 0 Å². The van der Waals surface area contributed by atoms with Gasteiger partial charge in [-0.25, -0.2) is 0 Å². The topological polar surface area (TPSA) is 26.3 Å². The Morgan fingerprint density at radius 3 is 2.67 bits per heavy atom. The standard InChI is InChI=1S/C12H15BrO2/c1-8(2)12-9(7-11(14)15-3)5-4-6-10(12)13/h4-6,8H,7H2,1-3H3. The minimum atomic E-state index is -0.199. The molecule has 0 aliphatic carbocycles. The highest BCUT2D eigenvalue weighted by Gasteiger charge is 2.13. The summed E-state index contributed by atoms with van der Waals surface area (Å²) in [6.45, 7) is 4.22. The van der Waals surface area contributed by atoms with Gasteiger partial charge in [-0.2, -0.15) is 0 Å². The third-order valence-electron chi connectivity index (χ3n) is 2.28. The zero-order valence-electron chi connectivity index (χ0n) is 9.21. The van der Waals surface area contributed by atoms with Gasteiger partial charge in [0.15, 0.2) is 0 Å². The van der Waals surface area contributed by atoms with Crippen molar-refractivity contribution in [2.45, 2.75) is 26.2 Å². The van der Waals surface area contributed by atoms with Crippen LogP contribution in [0.15, 0.2) is 22.7 Å². The average molecular weight is 271 g/mol. The van der Waals surface area contributed by atoms with E-state index in [1.54, 1.807) is 0 Å². The molecule has 0 fully saturated rings. The first-order valence-corrected chi connectivity index (χ1v) is 5.69. The van der Waals surface area contributed by atoms with Gasteiger partial charge in [-0.1, -0.05) is 41.9 Å². The Morgan fingerprint density at radius 2 is 2.13 bits per heavy atom. The summed E-state index contributed by atoms with van der Waals surface area (Å²) in [5.74, 6) is 0.190. The average Bonchev–Trinajstić information content (AvgIpc) is 2.17. The van der Waals surface area contributed by atoms with Gasteiger partial charge in [0.25, 0.3) is 0 Å². The summed E-state index contributed by atoms with van der Waals surface area (Å²) in [6, 6.07) is 5.90. The maximum atomic E-state index is 11.2. The monoisotopic (exact) mass is 270 g/mol. The SMILES string of the molecule is COC(=O)Cc1cccc(Br)c1C(C)C. The lowest BCUT2D eigenvalue weighted by Gasteiger charge is -2.13. The first-order chi connectivity index (χ1) is 7.06. The molecule has 1 aromatic carbocycles. The van der Waals surface area contributed by atoms with Crippen LogP contribution in [0.5, 0.6) is 0 Å². The van der Waals surface area contributed by atoms with Crippen LogP contribution in [-0.2, 0) is 16.0 Å². The molecule has 82 valence electrons. The van der Waals surface area contributed by atoms with Crippen LogP contribution in [0.2, 0.25) is 0 Å². The summed E-state index contributed by atoms with van der Waals surface area (Å²) in [5.41, 5.74) is 2.22. The molecule has 0 unspecified atom stereocenters. The van der Waals surface area contributed by atoms with Crippen molar-refractivity contribution in [3.05, 3.63) is 33.8 Å². The van der Waals surface area contributed by atoms with Crippen molar-refractivity contribution in [1.29, 1.82) is 0 Å². The third kappa shape index (κ3) is 3.06. The number of hydrogen-bond donors (Lipinski definition) is 0. The van der Waals surface area contributed by atoms with Crippen molar-refractivity contribution in [1.82, 2.24) is 0 Å². The molecular formula is C12H15BrO2. The van der Waals surface area contributed by atoms with E-state index in [-0.39, 0.29) is 5.97 Å².